The highest BCUT2D eigenvalue weighted by Crippen LogP contribution is 2.48. The van der Waals surface area contributed by atoms with Gasteiger partial charge in [-0.1, -0.05) is 0 Å². The Hall–Kier alpha value is -2.83. The molecule has 2 aromatic heterocycles. The van der Waals surface area contributed by atoms with Crippen molar-refractivity contribution in [1.29, 1.82) is 0 Å². The van der Waals surface area contributed by atoms with Crippen LogP contribution in [0.1, 0.15) is 25.3 Å². The van der Waals surface area contributed by atoms with Gasteiger partial charge in [-0.2, -0.15) is 8.78 Å². The monoisotopic (exact) mass is 554 g/mol. The van der Waals surface area contributed by atoms with E-state index in [1.807, 2.05) is 9.97 Å². The second kappa shape index (κ2) is 10.5. The first kappa shape index (κ1) is 27.2. The predicted octanol–water partition coefficient (Wildman–Crippen LogP) is -2.20. The molecule has 0 radical (unpaired) electrons. The minimum atomic E-state index is -4.97. The minimum absolute atomic E-state index is 0.348. The van der Waals surface area contributed by atoms with Crippen molar-refractivity contribution < 1.29 is 47.0 Å². The van der Waals surface area contributed by atoms with E-state index in [1.165, 1.54) is 0 Å². The van der Waals surface area contributed by atoms with Gasteiger partial charge in [-0.05, 0) is 0 Å². The van der Waals surface area contributed by atoms with Crippen LogP contribution in [0.15, 0.2) is 31.6 Å². The first-order valence-electron chi connectivity index (χ1n) is 10.7. The minimum Gasteiger partial charge on any atom is -0.394 e. The Kier molecular flexibility index (Phi) is 7.72. The van der Waals surface area contributed by atoms with E-state index in [-0.39, 0.29) is 6.42 Å². The first-order valence-corrected chi connectivity index (χ1v) is 12.2. The van der Waals surface area contributed by atoms with Gasteiger partial charge in [-0.25, -0.2) is 23.3 Å². The molecule has 7 atom stereocenters. The molecule has 2 aliphatic heterocycles. The van der Waals surface area contributed by atoms with E-state index in [4.69, 9.17) is 18.5 Å². The normalized spacial score (nSPS) is 29.4. The van der Waals surface area contributed by atoms with Crippen molar-refractivity contribution in [2.24, 2.45) is 0 Å². The number of nitrogens with one attached hydrogen (secondary N) is 2. The molecular formula is C18H21F2N4O12P. The Morgan fingerprint density at radius 1 is 0.973 bits per heavy atom. The third kappa shape index (κ3) is 5.55. The molecule has 204 valence electrons. The van der Waals surface area contributed by atoms with E-state index in [1.54, 1.807) is 0 Å². The molecule has 4 heterocycles. The third-order valence-corrected chi connectivity index (χ3v) is 6.75. The maximum atomic E-state index is 13.6. The summed E-state index contributed by atoms with van der Waals surface area (Å²) in [6, 6.07) is 0. The van der Waals surface area contributed by atoms with Gasteiger partial charge >= 0.3 is 19.2 Å². The molecule has 2 saturated heterocycles. The van der Waals surface area contributed by atoms with Crippen LogP contribution in [-0.4, -0.2) is 71.8 Å². The zero-order valence-electron chi connectivity index (χ0n) is 18.6. The molecule has 0 spiro atoms. The molecule has 19 heteroatoms. The molecule has 0 bridgehead atoms. The number of rotatable bonds is 8. The summed E-state index contributed by atoms with van der Waals surface area (Å²) < 4.78 is 60.9. The summed E-state index contributed by atoms with van der Waals surface area (Å²) in [5.41, 5.74) is -4.67. The molecule has 0 amide bonds. The molecule has 2 aromatic rings. The van der Waals surface area contributed by atoms with Gasteiger partial charge in [-0.3, -0.25) is 18.6 Å². The molecule has 2 fully saturated rings. The summed E-state index contributed by atoms with van der Waals surface area (Å²) in [5, 5.41) is 19.7. The van der Waals surface area contributed by atoms with Crippen LogP contribution in [0.5, 0.6) is 0 Å². The Morgan fingerprint density at radius 3 is 2.03 bits per heavy atom. The van der Waals surface area contributed by atoms with Crippen LogP contribution in [0, 0.1) is 11.6 Å². The maximum Gasteiger partial charge on any atom is 0.472 e. The van der Waals surface area contributed by atoms with Crippen molar-refractivity contribution >= 4 is 7.82 Å². The number of aliphatic hydroxyl groups is 2. The number of hydrogen-bond acceptors (Lipinski definition) is 11. The summed E-state index contributed by atoms with van der Waals surface area (Å²) >= 11 is 0. The highest BCUT2D eigenvalue weighted by molar-refractivity contribution is 7.47. The molecule has 0 saturated carbocycles. The highest BCUT2D eigenvalue weighted by Gasteiger charge is 2.44. The van der Waals surface area contributed by atoms with E-state index in [0.717, 1.165) is 0 Å². The fourth-order valence-electron chi connectivity index (χ4n) is 3.98. The Labute approximate surface area is 203 Å². The number of ether oxygens (including phenoxy) is 2. The molecule has 5 N–H and O–H groups in total. The lowest BCUT2D eigenvalue weighted by atomic mass is 10.2. The van der Waals surface area contributed by atoms with Crippen molar-refractivity contribution in [3.63, 3.8) is 0 Å². The number of aliphatic hydroxyl groups excluding tert-OH is 2. The summed E-state index contributed by atoms with van der Waals surface area (Å²) in [6.45, 7) is -1.55. The molecule has 4 rings (SSSR count). The number of phosphoric ester groups is 1. The standard InChI is InChI=1S/C18H21F2N4O12P/c19-7-3-21-17(29)23(15(7)27)13-1-9(26)12(35-13)6-33-37(31,32)36-10-2-14(34-11(10)5-25)24-16(28)8(20)4-22-18(24)30/h3-4,9-14,25-26H,1-2,5-6H2,(H,21,29)(H,22,30)(H,31,32)/t9-,10-,11+,12+,13+,14+/m1/s1. The smallest absolute Gasteiger partial charge is 0.394 e. The first-order chi connectivity index (χ1) is 17.4. The van der Waals surface area contributed by atoms with Gasteiger partial charge in [0, 0.05) is 25.2 Å². The molecule has 1 unspecified atom stereocenters. The number of aromatic nitrogens is 4. The fourth-order valence-corrected chi connectivity index (χ4v) is 4.94. The molecular weight excluding hydrogens is 533 g/mol. The molecule has 2 aliphatic rings. The Balaban J connectivity index is 1.41. The van der Waals surface area contributed by atoms with E-state index in [2.05, 4.69) is 0 Å². The van der Waals surface area contributed by atoms with Crippen LogP contribution >= 0.6 is 7.82 Å². The zero-order chi connectivity index (χ0) is 27.1. The lowest BCUT2D eigenvalue weighted by molar-refractivity contribution is -0.0586. The van der Waals surface area contributed by atoms with Gasteiger partial charge in [0.1, 0.15) is 30.8 Å². The number of halogens is 2. The summed E-state index contributed by atoms with van der Waals surface area (Å²) in [7, 11) is -4.97. The van der Waals surface area contributed by atoms with Crippen LogP contribution in [0.25, 0.3) is 0 Å². The van der Waals surface area contributed by atoms with Crippen molar-refractivity contribution in [3.05, 3.63) is 65.7 Å². The van der Waals surface area contributed by atoms with Crippen LogP contribution in [0.2, 0.25) is 0 Å². The van der Waals surface area contributed by atoms with Crippen LogP contribution < -0.4 is 22.5 Å². The average molecular weight is 554 g/mol. The number of nitrogens with zero attached hydrogens (tertiary/aromatic N) is 2. The lowest BCUT2D eigenvalue weighted by Crippen LogP contribution is -2.39. The predicted molar refractivity (Wildman–Crippen MR) is 113 cm³/mol. The van der Waals surface area contributed by atoms with E-state index < -0.39 is 98.5 Å². The molecule has 0 aliphatic carbocycles. The van der Waals surface area contributed by atoms with Gasteiger partial charge < -0.3 is 34.5 Å². The number of H-pyrrole nitrogens is 2. The zero-order valence-corrected chi connectivity index (χ0v) is 19.5. The van der Waals surface area contributed by atoms with Crippen molar-refractivity contribution in [2.45, 2.75) is 49.7 Å². The highest BCUT2D eigenvalue weighted by atomic mass is 31.2. The van der Waals surface area contributed by atoms with Gasteiger partial charge in [0.25, 0.3) is 11.1 Å². The van der Waals surface area contributed by atoms with Crippen molar-refractivity contribution in [1.82, 2.24) is 19.1 Å². The molecule has 0 aromatic carbocycles. The summed E-state index contributed by atoms with van der Waals surface area (Å²) in [5.74, 6) is -2.57. The quantitative estimate of drug-likeness (QED) is 0.219. The van der Waals surface area contributed by atoms with E-state index in [0.29, 0.717) is 21.5 Å². The summed E-state index contributed by atoms with van der Waals surface area (Å²) in [4.78, 5) is 61.9. The lowest BCUT2D eigenvalue weighted by Gasteiger charge is -2.21. The number of aromatic amines is 2. The SMILES string of the molecule is O=c1[nH]cc(F)c(=O)n1[C@@H]1C[C@@H](O)[C@H](COP(=O)(O)O[C@@H]2C[C@@H](n3c(=O)[nH]cc(F)c3=O)O[C@H]2CO)O1. The van der Waals surface area contributed by atoms with Crippen molar-refractivity contribution in [2.75, 3.05) is 13.2 Å². The Bertz CT molecular complexity index is 1440. The largest absolute Gasteiger partial charge is 0.472 e. The molecule has 37 heavy (non-hydrogen) atoms. The van der Waals surface area contributed by atoms with Crippen LogP contribution in [0.3, 0.4) is 0 Å². The van der Waals surface area contributed by atoms with Gasteiger partial charge in [0.2, 0.25) is 11.6 Å². The van der Waals surface area contributed by atoms with E-state index in [9.17, 15) is 47.6 Å². The Morgan fingerprint density at radius 2 is 1.49 bits per heavy atom. The second-order valence-corrected chi connectivity index (χ2v) is 9.53. The van der Waals surface area contributed by atoms with Gasteiger partial charge in [0.15, 0.2) is 0 Å². The van der Waals surface area contributed by atoms with Gasteiger partial charge in [0.05, 0.1) is 19.3 Å². The number of phosphoric acid groups is 1. The fraction of sp³-hybridized carbons (Fsp3) is 0.556. The second-order valence-electron chi connectivity index (χ2n) is 8.12. The summed E-state index contributed by atoms with van der Waals surface area (Å²) in [6.07, 6.45) is -7.96. The van der Waals surface area contributed by atoms with Gasteiger partial charge in [-0.15, -0.1) is 0 Å². The number of hydrogen-bond donors (Lipinski definition) is 5. The molecule has 16 nitrogen and oxygen atoms in total. The van der Waals surface area contributed by atoms with Crippen LogP contribution in [-0.2, 0) is 23.1 Å². The maximum absolute atomic E-state index is 13.6. The average Bonchev–Trinajstić information content (AvgIpc) is 3.40. The van der Waals surface area contributed by atoms with Crippen LogP contribution in [0.4, 0.5) is 8.78 Å². The van der Waals surface area contributed by atoms with Crippen molar-refractivity contribution in [3.8, 4) is 0 Å². The van der Waals surface area contributed by atoms with E-state index >= 15 is 0 Å². The topological polar surface area (TPSA) is 224 Å². The third-order valence-electron chi connectivity index (χ3n) is 5.74.